The van der Waals surface area contributed by atoms with Gasteiger partial charge in [0.2, 0.25) is 5.89 Å². The van der Waals surface area contributed by atoms with Gasteiger partial charge in [-0.1, -0.05) is 36.0 Å². The number of oxazole rings is 1. The Labute approximate surface area is 141 Å². The summed E-state index contributed by atoms with van der Waals surface area (Å²) in [6.07, 6.45) is 3.40. The summed E-state index contributed by atoms with van der Waals surface area (Å²) in [5, 5.41) is 11.2. The number of benzene rings is 2. The van der Waals surface area contributed by atoms with Gasteiger partial charge in [0.15, 0.2) is 5.76 Å². The van der Waals surface area contributed by atoms with Crippen LogP contribution in [0.2, 0.25) is 0 Å². The van der Waals surface area contributed by atoms with Gasteiger partial charge >= 0.3 is 0 Å². The maximum atomic E-state index is 13.0. The molecular weight excluding hydrogens is 325 g/mol. The molecule has 2 aromatic heterocycles. The molecule has 0 aliphatic carbocycles. The van der Waals surface area contributed by atoms with E-state index < -0.39 is 0 Å². The number of nitrogens with zero attached hydrogens (tertiary/aromatic N) is 3. The lowest BCUT2D eigenvalue weighted by Gasteiger charge is -2.02. The molecule has 0 atom stereocenters. The smallest absolute Gasteiger partial charge is 0.205 e. The summed E-state index contributed by atoms with van der Waals surface area (Å²) in [6, 6.07) is 14.1. The molecule has 0 aliphatic heterocycles. The van der Waals surface area contributed by atoms with E-state index >= 15 is 0 Å². The Hall–Kier alpha value is -2.73. The Bertz CT molecular complexity index is 980. The van der Waals surface area contributed by atoms with E-state index in [-0.39, 0.29) is 5.82 Å². The van der Waals surface area contributed by atoms with Crippen molar-refractivity contribution in [3.05, 3.63) is 72.6 Å². The molecule has 0 radical (unpaired) electrons. The van der Waals surface area contributed by atoms with Gasteiger partial charge in [-0.2, -0.15) is 5.10 Å². The average Bonchev–Trinajstić information content (AvgIpc) is 3.09. The van der Waals surface area contributed by atoms with Crippen LogP contribution < -0.4 is 0 Å². The summed E-state index contributed by atoms with van der Waals surface area (Å²) in [5.41, 5.74) is 0.796. The molecule has 2 aromatic carbocycles. The third-order valence-corrected chi connectivity index (χ3v) is 4.52. The van der Waals surface area contributed by atoms with Crippen LogP contribution in [0, 0.1) is 5.82 Å². The summed E-state index contributed by atoms with van der Waals surface area (Å²) >= 11 is 1.52. The summed E-state index contributed by atoms with van der Waals surface area (Å²) in [4.78, 5) is 4.28. The van der Waals surface area contributed by atoms with Crippen molar-refractivity contribution < 1.29 is 8.81 Å². The molecular formula is C18H12FN3OS. The maximum absolute atomic E-state index is 13.0. The second-order valence-corrected chi connectivity index (χ2v) is 6.11. The first-order valence-corrected chi connectivity index (χ1v) is 8.32. The monoisotopic (exact) mass is 337 g/mol. The van der Waals surface area contributed by atoms with Gasteiger partial charge in [-0.05, 0) is 24.3 Å². The molecule has 4 aromatic rings. The molecule has 0 spiro atoms. The number of halogens is 1. The van der Waals surface area contributed by atoms with Gasteiger partial charge in [0, 0.05) is 16.3 Å². The van der Waals surface area contributed by atoms with E-state index in [9.17, 15) is 4.39 Å². The fourth-order valence-corrected chi connectivity index (χ4v) is 3.20. The molecule has 118 valence electrons. The Balaban J connectivity index is 1.53. The fraction of sp³-hybridized carbons (Fsp3) is 0.0556. The van der Waals surface area contributed by atoms with E-state index in [0.717, 1.165) is 21.4 Å². The van der Waals surface area contributed by atoms with Crippen molar-refractivity contribution in [2.24, 2.45) is 0 Å². The number of fused-ring (bicyclic) bond motifs is 1. The Kier molecular flexibility index (Phi) is 3.96. The van der Waals surface area contributed by atoms with Gasteiger partial charge in [-0.3, -0.25) is 0 Å². The zero-order chi connectivity index (χ0) is 16.4. The Morgan fingerprint density at radius 3 is 2.71 bits per heavy atom. The summed E-state index contributed by atoms with van der Waals surface area (Å²) in [7, 11) is 0. The van der Waals surface area contributed by atoms with Crippen LogP contribution in [-0.2, 0) is 5.75 Å². The zero-order valence-corrected chi connectivity index (χ0v) is 13.3. The van der Waals surface area contributed by atoms with E-state index in [1.807, 2.05) is 24.3 Å². The summed E-state index contributed by atoms with van der Waals surface area (Å²) < 4.78 is 18.7. The average molecular weight is 337 g/mol. The van der Waals surface area contributed by atoms with Gasteiger partial charge in [0.05, 0.1) is 18.1 Å². The van der Waals surface area contributed by atoms with Gasteiger partial charge in [0.25, 0.3) is 0 Å². The second kappa shape index (κ2) is 6.41. The largest absolute Gasteiger partial charge is 0.440 e. The Morgan fingerprint density at radius 2 is 1.83 bits per heavy atom. The highest BCUT2D eigenvalue weighted by Crippen LogP contribution is 2.28. The highest BCUT2D eigenvalue weighted by atomic mass is 32.2. The fourth-order valence-electron chi connectivity index (χ4n) is 2.36. The topological polar surface area (TPSA) is 51.8 Å². The van der Waals surface area contributed by atoms with Crippen molar-refractivity contribution in [2.75, 3.05) is 0 Å². The van der Waals surface area contributed by atoms with E-state index in [1.165, 1.54) is 23.9 Å². The van der Waals surface area contributed by atoms with Gasteiger partial charge in [-0.25, -0.2) is 9.37 Å². The molecule has 0 amide bonds. The highest BCUT2D eigenvalue weighted by molar-refractivity contribution is 7.98. The van der Waals surface area contributed by atoms with Crippen LogP contribution in [0.25, 0.3) is 22.1 Å². The predicted octanol–water partition coefficient (Wildman–Crippen LogP) is 4.72. The molecule has 0 bridgehead atoms. The molecule has 0 aliphatic rings. The maximum Gasteiger partial charge on any atom is 0.205 e. The first-order valence-electron chi connectivity index (χ1n) is 7.33. The first-order chi connectivity index (χ1) is 11.8. The molecule has 0 fully saturated rings. The van der Waals surface area contributed by atoms with Crippen LogP contribution in [0.15, 0.2) is 70.4 Å². The third-order valence-electron chi connectivity index (χ3n) is 3.55. The zero-order valence-electron chi connectivity index (χ0n) is 12.5. The van der Waals surface area contributed by atoms with Crippen LogP contribution in [0.5, 0.6) is 0 Å². The molecule has 0 N–H and O–H groups in total. The van der Waals surface area contributed by atoms with Crippen LogP contribution in [0.3, 0.4) is 0 Å². The van der Waals surface area contributed by atoms with Crippen LogP contribution >= 0.6 is 11.8 Å². The van der Waals surface area contributed by atoms with Crippen molar-refractivity contribution in [1.29, 1.82) is 0 Å². The molecule has 24 heavy (non-hydrogen) atoms. The minimum atomic E-state index is -0.274. The molecule has 4 nitrogen and oxygen atoms in total. The normalized spacial score (nSPS) is 11.0. The van der Waals surface area contributed by atoms with Crippen molar-refractivity contribution in [3.63, 3.8) is 0 Å². The molecule has 0 unspecified atom stereocenters. The van der Waals surface area contributed by atoms with Crippen LogP contribution in [0.4, 0.5) is 4.39 Å². The van der Waals surface area contributed by atoms with Crippen molar-refractivity contribution >= 4 is 22.5 Å². The van der Waals surface area contributed by atoms with E-state index in [0.29, 0.717) is 17.4 Å². The number of hydrogen-bond acceptors (Lipinski definition) is 5. The van der Waals surface area contributed by atoms with E-state index in [1.54, 1.807) is 24.5 Å². The number of aromatic nitrogens is 3. The molecule has 6 heteroatoms. The molecule has 0 saturated carbocycles. The molecule has 0 saturated heterocycles. The second-order valence-electron chi connectivity index (χ2n) is 5.15. The van der Waals surface area contributed by atoms with Gasteiger partial charge in [0.1, 0.15) is 10.8 Å². The molecule has 2 heterocycles. The summed E-state index contributed by atoms with van der Waals surface area (Å²) in [6.45, 7) is 0. The minimum Gasteiger partial charge on any atom is -0.440 e. The SMILES string of the molecule is Fc1ccc(-c2cnc(CSc3nncc4ccccc34)o2)cc1. The van der Waals surface area contributed by atoms with Gasteiger partial charge < -0.3 is 4.42 Å². The van der Waals surface area contributed by atoms with Crippen molar-refractivity contribution in [2.45, 2.75) is 10.8 Å². The third kappa shape index (κ3) is 3.00. The predicted molar refractivity (Wildman–Crippen MR) is 91.0 cm³/mol. The number of thioether (sulfide) groups is 1. The summed E-state index contributed by atoms with van der Waals surface area (Å²) in [5.74, 6) is 1.48. The number of hydrogen-bond donors (Lipinski definition) is 0. The standard InChI is InChI=1S/C18H12FN3OS/c19-14-7-5-12(6-8-14)16-10-20-17(23-16)11-24-18-15-4-2-1-3-13(15)9-21-22-18/h1-10H,11H2. The Morgan fingerprint density at radius 1 is 1.00 bits per heavy atom. The highest BCUT2D eigenvalue weighted by Gasteiger charge is 2.09. The number of rotatable bonds is 4. The van der Waals surface area contributed by atoms with Crippen molar-refractivity contribution in [3.8, 4) is 11.3 Å². The van der Waals surface area contributed by atoms with Crippen LogP contribution in [-0.4, -0.2) is 15.2 Å². The van der Waals surface area contributed by atoms with E-state index in [4.69, 9.17) is 4.42 Å². The lowest BCUT2D eigenvalue weighted by molar-refractivity contribution is 0.529. The minimum absolute atomic E-state index is 0.274. The lowest BCUT2D eigenvalue weighted by atomic mass is 10.2. The van der Waals surface area contributed by atoms with Crippen LogP contribution in [0.1, 0.15) is 5.89 Å². The van der Waals surface area contributed by atoms with Gasteiger partial charge in [-0.15, -0.1) is 5.10 Å². The molecule has 4 rings (SSSR count). The van der Waals surface area contributed by atoms with E-state index in [2.05, 4.69) is 15.2 Å². The quantitative estimate of drug-likeness (QED) is 0.505. The lowest BCUT2D eigenvalue weighted by Crippen LogP contribution is -1.88. The van der Waals surface area contributed by atoms with Crippen molar-refractivity contribution in [1.82, 2.24) is 15.2 Å². The first kappa shape index (κ1) is 14.8.